The van der Waals surface area contributed by atoms with Crippen molar-refractivity contribution < 1.29 is 23.8 Å². The van der Waals surface area contributed by atoms with Crippen LogP contribution in [0.2, 0.25) is 0 Å². The highest BCUT2D eigenvalue weighted by Crippen LogP contribution is 2.34. The fourth-order valence-corrected chi connectivity index (χ4v) is 3.92. The third-order valence-electron chi connectivity index (χ3n) is 5.72. The summed E-state index contributed by atoms with van der Waals surface area (Å²) in [5.41, 5.74) is 2.60. The summed E-state index contributed by atoms with van der Waals surface area (Å²) < 4.78 is 17.6. The van der Waals surface area contributed by atoms with Gasteiger partial charge < -0.3 is 24.0 Å². The standard InChI is InChI=1S/C25H28N4O5/c1-4-34-25(31)28-14-12-27(13-15-28)24(30)20-17-29(19-8-6-5-7-9-19)26-23(20)18-10-11-21(32-2)22(16-18)33-3/h5-11,16-17H,4,12-15H2,1-3H3. The minimum absolute atomic E-state index is 0.143. The summed E-state index contributed by atoms with van der Waals surface area (Å²) in [5, 5.41) is 4.75. The van der Waals surface area contributed by atoms with Crippen LogP contribution in [0, 0.1) is 0 Å². The molecule has 1 aliphatic heterocycles. The lowest BCUT2D eigenvalue weighted by atomic mass is 10.1. The first kappa shape index (κ1) is 23.2. The summed E-state index contributed by atoms with van der Waals surface area (Å²) in [6.07, 6.45) is 1.40. The average Bonchev–Trinajstić information content (AvgIpc) is 3.34. The van der Waals surface area contributed by atoms with Crippen LogP contribution in [0.25, 0.3) is 16.9 Å². The van der Waals surface area contributed by atoms with Crippen molar-refractivity contribution in [1.29, 1.82) is 0 Å². The molecule has 178 valence electrons. The molecular formula is C25H28N4O5. The number of amides is 2. The van der Waals surface area contributed by atoms with Crippen molar-refractivity contribution in [3.8, 4) is 28.4 Å². The number of hydrogen-bond acceptors (Lipinski definition) is 6. The first-order valence-corrected chi connectivity index (χ1v) is 11.1. The van der Waals surface area contributed by atoms with Crippen molar-refractivity contribution in [2.45, 2.75) is 6.92 Å². The molecule has 1 aromatic heterocycles. The fraction of sp³-hybridized carbons (Fsp3) is 0.320. The summed E-state index contributed by atoms with van der Waals surface area (Å²) in [5.74, 6) is 1.00. The quantitative estimate of drug-likeness (QED) is 0.555. The molecule has 34 heavy (non-hydrogen) atoms. The molecule has 4 rings (SSSR count). The van der Waals surface area contributed by atoms with Crippen LogP contribution in [0.4, 0.5) is 4.79 Å². The second-order valence-electron chi connectivity index (χ2n) is 7.72. The SMILES string of the molecule is CCOC(=O)N1CCN(C(=O)c2cn(-c3ccccc3)nc2-c2ccc(OC)c(OC)c2)CC1. The summed E-state index contributed by atoms with van der Waals surface area (Å²) in [4.78, 5) is 29.0. The Morgan fingerprint density at radius 1 is 0.912 bits per heavy atom. The maximum atomic E-state index is 13.6. The lowest BCUT2D eigenvalue weighted by molar-refractivity contribution is 0.0571. The molecule has 9 nitrogen and oxygen atoms in total. The van der Waals surface area contributed by atoms with Crippen LogP contribution in [0.15, 0.2) is 54.7 Å². The Balaban J connectivity index is 1.67. The van der Waals surface area contributed by atoms with Gasteiger partial charge >= 0.3 is 6.09 Å². The largest absolute Gasteiger partial charge is 0.493 e. The number of aromatic nitrogens is 2. The molecule has 0 unspecified atom stereocenters. The van der Waals surface area contributed by atoms with Gasteiger partial charge in [0.2, 0.25) is 0 Å². The number of carbonyl (C=O) groups excluding carboxylic acids is 2. The Kier molecular flexibility index (Phi) is 7.01. The van der Waals surface area contributed by atoms with Gasteiger partial charge in [-0.15, -0.1) is 0 Å². The van der Waals surface area contributed by atoms with E-state index < -0.39 is 0 Å². The van der Waals surface area contributed by atoms with Crippen LogP contribution in [-0.2, 0) is 4.74 Å². The maximum Gasteiger partial charge on any atom is 0.409 e. The molecular weight excluding hydrogens is 436 g/mol. The van der Waals surface area contributed by atoms with E-state index in [0.29, 0.717) is 55.5 Å². The van der Waals surface area contributed by atoms with E-state index in [1.165, 1.54) is 0 Å². The maximum absolute atomic E-state index is 13.6. The average molecular weight is 465 g/mol. The van der Waals surface area contributed by atoms with Crippen LogP contribution >= 0.6 is 0 Å². The number of para-hydroxylation sites is 1. The van der Waals surface area contributed by atoms with Gasteiger partial charge in [-0.3, -0.25) is 4.79 Å². The van der Waals surface area contributed by atoms with Crippen molar-refractivity contribution in [3.63, 3.8) is 0 Å². The lowest BCUT2D eigenvalue weighted by Gasteiger charge is -2.34. The number of rotatable bonds is 6. The third-order valence-corrected chi connectivity index (χ3v) is 5.72. The van der Waals surface area contributed by atoms with Gasteiger partial charge in [-0.05, 0) is 37.3 Å². The molecule has 0 atom stereocenters. The number of benzene rings is 2. The Morgan fingerprint density at radius 2 is 1.59 bits per heavy atom. The zero-order valence-electron chi connectivity index (χ0n) is 19.6. The van der Waals surface area contributed by atoms with Gasteiger partial charge in [0.25, 0.3) is 5.91 Å². The molecule has 2 amide bonds. The predicted molar refractivity (Wildman–Crippen MR) is 127 cm³/mol. The Labute approximate surface area is 198 Å². The van der Waals surface area contributed by atoms with Crippen LogP contribution in [0.1, 0.15) is 17.3 Å². The molecule has 2 aromatic carbocycles. The first-order valence-electron chi connectivity index (χ1n) is 11.1. The van der Waals surface area contributed by atoms with Crippen molar-refractivity contribution >= 4 is 12.0 Å². The van der Waals surface area contributed by atoms with E-state index in [2.05, 4.69) is 0 Å². The topological polar surface area (TPSA) is 86.1 Å². The van der Waals surface area contributed by atoms with Gasteiger partial charge in [0.15, 0.2) is 11.5 Å². The lowest BCUT2D eigenvalue weighted by Crippen LogP contribution is -2.50. The summed E-state index contributed by atoms with van der Waals surface area (Å²) >= 11 is 0. The molecule has 0 N–H and O–H groups in total. The highest BCUT2D eigenvalue weighted by atomic mass is 16.6. The third kappa shape index (κ3) is 4.68. The van der Waals surface area contributed by atoms with E-state index in [9.17, 15) is 9.59 Å². The molecule has 0 radical (unpaired) electrons. The van der Waals surface area contributed by atoms with E-state index in [1.54, 1.807) is 47.9 Å². The van der Waals surface area contributed by atoms with E-state index >= 15 is 0 Å². The Morgan fingerprint density at radius 3 is 2.24 bits per heavy atom. The van der Waals surface area contributed by atoms with Crippen molar-refractivity contribution in [2.24, 2.45) is 0 Å². The van der Waals surface area contributed by atoms with Crippen LogP contribution in [-0.4, -0.2) is 78.6 Å². The number of nitrogens with zero attached hydrogens (tertiary/aromatic N) is 4. The highest BCUT2D eigenvalue weighted by molar-refractivity contribution is 6.00. The summed E-state index contributed by atoms with van der Waals surface area (Å²) in [6.45, 7) is 3.77. The first-order chi connectivity index (χ1) is 16.5. The number of carbonyl (C=O) groups is 2. The molecule has 0 spiro atoms. The van der Waals surface area contributed by atoms with Gasteiger partial charge in [0.05, 0.1) is 32.1 Å². The highest BCUT2D eigenvalue weighted by Gasteiger charge is 2.29. The molecule has 9 heteroatoms. The van der Waals surface area contributed by atoms with E-state index in [4.69, 9.17) is 19.3 Å². The minimum atomic E-state index is -0.350. The van der Waals surface area contributed by atoms with Crippen LogP contribution in [0.3, 0.4) is 0 Å². The monoisotopic (exact) mass is 464 g/mol. The van der Waals surface area contributed by atoms with Gasteiger partial charge in [0.1, 0.15) is 5.69 Å². The fourth-order valence-electron chi connectivity index (χ4n) is 3.92. The van der Waals surface area contributed by atoms with Crippen molar-refractivity contribution in [3.05, 3.63) is 60.3 Å². The number of hydrogen-bond donors (Lipinski definition) is 0. The van der Waals surface area contributed by atoms with E-state index in [0.717, 1.165) is 11.3 Å². The minimum Gasteiger partial charge on any atom is -0.493 e. The Bertz CT molecular complexity index is 1150. The van der Waals surface area contributed by atoms with Gasteiger partial charge in [-0.1, -0.05) is 18.2 Å². The molecule has 1 fully saturated rings. The Hall–Kier alpha value is -4.01. The van der Waals surface area contributed by atoms with Crippen molar-refractivity contribution in [1.82, 2.24) is 19.6 Å². The molecule has 0 aliphatic carbocycles. The number of methoxy groups -OCH3 is 2. The van der Waals surface area contributed by atoms with E-state index in [1.807, 2.05) is 42.5 Å². The zero-order chi connectivity index (χ0) is 24.1. The molecule has 0 saturated carbocycles. The molecule has 3 aromatic rings. The molecule has 1 saturated heterocycles. The van der Waals surface area contributed by atoms with Crippen molar-refractivity contribution in [2.75, 3.05) is 47.0 Å². The summed E-state index contributed by atoms with van der Waals surface area (Å²) in [6, 6.07) is 15.1. The molecule has 1 aliphatic rings. The van der Waals surface area contributed by atoms with E-state index in [-0.39, 0.29) is 12.0 Å². The number of piperazine rings is 1. The summed E-state index contributed by atoms with van der Waals surface area (Å²) in [7, 11) is 3.14. The number of ether oxygens (including phenoxy) is 3. The van der Waals surface area contributed by atoms with Crippen LogP contribution in [0.5, 0.6) is 11.5 Å². The second kappa shape index (κ2) is 10.3. The normalized spacial score (nSPS) is 13.5. The van der Waals surface area contributed by atoms with Gasteiger partial charge in [-0.2, -0.15) is 5.10 Å². The smallest absolute Gasteiger partial charge is 0.409 e. The molecule has 0 bridgehead atoms. The zero-order valence-corrected chi connectivity index (χ0v) is 19.6. The van der Waals surface area contributed by atoms with Crippen LogP contribution < -0.4 is 9.47 Å². The molecule has 2 heterocycles. The van der Waals surface area contributed by atoms with Gasteiger partial charge in [-0.25, -0.2) is 9.48 Å². The second-order valence-corrected chi connectivity index (χ2v) is 7.72. The van der Waals surface area contributed by atoms with Gasteiger partial charge in [0, 0.05) is 37.9 Å². The predicted octanol–water partition coefficient (Wildman–Crippen LogP) is 3.47.